The number of carbonyl (C=O) groups is 3. The highest BCUT2D eigenvalue weighted by Gasteiger charge is 2.29. The van der Waals surface area contributed by atoms with Crippen LogP contribution >= 0.6 is 0 Å². The van der Waals surface area contributed by atoms with E-state index >= 15 is 0 Å². The van der Waals surface area contributed by atoms with Gasteiger partial charge in [0.05, 0.1) is 0 Å². The fraction of sp³-hybridized carbons (Fsp3) is 0.727. The van der Waals surface area contributed by atoms with Gasteiger partial charge in [-0.3, -0.25) is 9.59 Å². The zero-order valence-corrected chi connectivity index (χ0v) is 10.9. The number of esters is 1. The van der Waals surface area contributed by atoms with E-state index < -0.39 is 42.5 Å². The highest BCUT2D eigenvalue weighted by Crippen LogP contribution is 2.08. The fourth-order valence-electron chi connectivity index (χ4n) is 1.36. The molecule has 1 unspecified atom stereocenters. The van der Waals surface area contributed by atoms with E-state index in [1.165, 1.54) is 0 Å². The van der Waals surface area contributed by atoms with Crippen LogP contribution in [-0.4, -0.2) is 46.3 Å². The van der Waals surface area contributed by atoms with E-state index in [1.54, 1.807) is 0 Å². The van der Waals surface area contributed by atoms with Crippen LogP contribution in [0.5, 0.6) is 0 Å². The molecule has 8 nitrogen and oxygen atoms in total. The summed E-state index contributed by atoms with van der Waals surface area (Å²) in [7, 11) is 0. The highest BCUT2D eigenvalue weighted by atomic mass is 16.6. The average Bonchev–Trinajstić information content (AvgIpc) is 2.26. The van der Waals surface area contributed by atoms with E-state index in [2.05, 4.69) is 4.74 Å². The number of carboxylic acids is 2. The Morgan fingerprint density at radius 2 is 1.53 bits per heavy atom. The monoisotopic (exact) mass is 276 g/mol. The number of nitrogens with two attached hydrogens (primary N) is 2. The van der Waals surface area contributed by atoms with Gasteiger partial charge >= 0.3 is 17.9 Å². The van der Waals surface area contributed by atoms with Gasteiger partial charge in [-0.15, -0.1) is 0 Å². The van der Waals surface area contributed by atoms with Crippen LogP contribution in [0.2, 0.25) is 0 Å². The summed E-state index contributed by atoms with van der Waals surface area (Å²) >= 11 is 0. The molecule has 19 heavy (non-hydrogen) atoms. The van der Waals surface area contributed by atoms with Crippen molar-refractivity contribution in [2.45, 2.75) is 44.9 Å². The molecule has 0 amide bonds. The van der Waals surface area contributed by atoms with Gasteiger partial charge in [-0.05, 0) is 12.3 Å². The molecule has 0 fully saturated rings. The summed E-state index contributed by atoms with van der Waals surface area (Å²) in [4.78, 5) is 33.0. The predicted molar refractivity (Wildman–Crippen MR) is 65.2 cm³/mol. The van der Waals surface area contributed by atoms with Crippen LogP contribution < -0.4 is 11.5 Å². The number of aliphatic carboxylic acids is 2. The molecule has 0 aromatic rings. The van der Waals surface area contributed by atoms with Crippen LogP contribution in [0, 0.1) is 5.92 Å². The average molecular weight is 276 g/mol. The predicted octanol–water partition coefficient (Wildman–Crippen LogP) is -0.842. The van der Waals surface area contributed by atoms with Crippen LogP contribution in [0.25, 0.3) is 0 Å². The van der Waals surface area contributed by atoms with Gasteiger partial charge in [-0.25, -0.2) is 4.79 Å². The van der Waals surface area contributed by atoms with Gasteiger partial charge in [0.2, 0.25) is 6.10 Å². The van der Waals surface area contributed by atoms with Gasteiger partial charge in [0.1, 0.15) is 12.1 Å². The van der Waals surface area contributed by atoms with Crippen molar-refractivity contribution in [3.63, 3.8) is 0 Å². The minimum absolute atomic E-state index is 0.145. The third-order valence-electron chi connectivity index (χ3n) is 2.35. The van der Waals surface area contributed by atoms with E-state index in [9.17, 15) is 14.4 Å². The molecule has 0 aromatic heterocycles. The molecule has 6 N–H and O–H groups in total. The molecule has 3 atom stereocenters. The van der Waals surface area contributed by atoms with Crippen LogP contribution in [0.15, 0.2) is 0 Å². The van der Waals surface area contributed by atoms with Crippen LogP contribution in [-0.2, 0) is 19.1 Å². The molecular formula is C11H20N2O6. The van der Waals surface area contributed by atoms with Crippen molar-refractivity contribution in [2.24, 2.45) is 17.4 Å². The minimum Gasteiger partial charge on any atom is -0.480 e. The van der Waals surface area contributed by atoms with Gasteiger partial charge < -0.3 is 26.4 Å². The molecule has 0 rings (SSSR count). The molecule has 0 aromatic carbocycles. The van der Waals surface area contributed by atoms with Gasteiger partial charge in [-0.1, -0.05) is 13.8 Å². The second kappa shape index (κ2) is 7.70. The highest BCUT2D eigenvalue weighted by molar-refractivity contribution is 5.82. The maximum Gasteiger partial charge on any atom is 0.345 e. The molecule has 110 valence electrons. The smallest absolute Gasteiger partial charge is 0.345 e. The molecule has 8 heteroatoms. The minimum atomic E-state index is -1.61. The van der Waals surface area contributed by atoms with Gasteiger partial charge in [0, 0.05) is 6.42 Å². The summed E-state index contributed by atoms with van der Waals surface area (Å²) in [6, 6.07) is -2.36. The lowest BCUT2D eigenvalue weighted by molar-refractivity contribution is -0.166. The van der Waals surface area contributed by atoms with Gasteiger partial charge in [0.15, 0.2) is 0 Å². The van der Waals surface area contributed by atoms with Crippen molar-refractivity contribution < 1.29 is 29.3 Å². The van der Waals surface area contributed by atoms with E-state index in [1.807, 2.05) is 13.8 Å². The number of carbonyl (C=O) groups excluding carboxylic acids is 1. The summed E-state index contributed by atoms with van der Waals surface area (Å²) in [6.07, 6.45) is -1.78. The first-order chi connectivity index (χ1) is 8.65. The lowest BCUT2D eigenvalue weighted by Gasteiger charge is -2.19. The zero-order valence-electron chi connectivity index (χ0n) is 10.9. The molecule has 0 saturated heterocycles. The summed E-state index contributed by atoms with van der Waals surface area (Å²) < 4.78 is 4.69. The van der Waals surface area contributed by atoms with E-state index in [4.69, 9.17) is 21.7 Å². The summed E-state index contributed by atoms with van der Waals surface area (Å²) in [6.45, 7) is 3.70. The van der Waals surface area contributed by atoms with Crippen molar-refractivity contribution in [3.05, 3.63) is 0 Å². The zero-order chi connectivity index (χ0) is 15.2. The maximum atomic E-state index is 11.5. The first kappa shape index (κ1) is 17.3. The first-order valence-corrected chi connectivity index (χ1v) is 5.82. The van der Waals surface area contributed by atoms with Crippen LogP contribution in [0.3, 0.4) is 0 Å². The number of ether oxygens (including phenoxy) is 1. The molecule has 0 bridgehead atoms. The van der Waals surface area contributed by atoms with Crippen molar-refractivity contribution in [3.8, 4) is 0 Å². The van der Waals surface area contributed by atoms with Crippen molar-refractivity contribution in [1.29, 1.82) is 0 Å². The van der Waals surface area contributed by atoms with E-state index in [0.717, 1.165) is 0 Å². The number of hydrogen-bond donors (Lipinski definition) is 4. The maximum absolute atomic E-state index is 11.5. The summed E-state index contributed by atoms with van der Waals surface area (Å²) in [5.74, 6) is -3.55. The van der Waals surface area contributed by atoms with Crippen molar-refractivity contribution in [2.75, 3.05) is 0 Å². The molecule has 0 radical (unpaired) electrons. The first-order valence-electron chi connectivity index (χ1n) is 5.82. The van der Waals surface area contributed by atoms with E-state index in [0.29, 0.717) is 6.42 Å². The molecule has 0 aliphatic carbocycles. The Morgan fingerprint density at radius 3 is 1.89 bits per heavy atom. The second-order valence-electron chi connectivity index (χ2n) is 4.68. The second-order valence-corrected chi connectivity index (χ2v) is 4.68. The van der Waals surface area contributed by atoms with Crippen molar-refractivity contribution >= 4 is 17.9 Å². The summed E-state index contributed by atoms with van der Waals surface area (Å²) in [5.41, 5.74) is 10.7. The normalized spacial score (nSPS) is 15.6. The molecular weight excluding hydrogens is 256 g/mol. The Balaban J connectivity index is 4.54. The molecule has 0 heterocycles. The Bertz CT molecular complexity index is 344. The molecule has 0 aliphatic heterocycles. The SMILES string of the molecule is CC(C)C[C@@H](N)C(=O)OC(C[C@H](N)C(=O)O)C(=O)O. The van der Waals surface area contributed by atoms with Gasteiger partial charge in [0.25, 0.3) is 0 Å². The Kier molecular flexibility index (Phi) is 7.02. The lowest BCUT2D eigenvalue weighted by Crippen LogP contribution is -2.42. The molecule has 0 saturated carbocycles. The Labute approximate surface area is 110 Å². The largest absolute Gasteiger partial charge is 0.480 e. The molecule has 0 aliphatic rings. The standard InChI is InChI=1S/C11H20N2O6/c1-5(2)3-7(13)11(18)19-8(10(16)17)4-6(12)9(14)15/h5-8H,3-4,12-13H2,1-2H3,(H,14,15)(H,16,17)/t6-,7+,8?/m0/s1. The van der Waals surface area contributed by atoms with Crippen LogP contribution in [0.1, 0.15) is 26.7 Å². The Morgan fingerprint density at radius 1 is 1.00 bits per heavy atom. The van der Waals surface area contributed by atoms with Crippen molar-refractivity contribution in [1.82, 2.24) is 0 Å². The number of hydrogen-bond acceptors (Lipinski definition) is 6. The van der Waals surface area contributed by atoms with Gasteiger partial charge in [-0.2, -0.15) is 0 Å². The van der Waals surface area contributed by atoms with E-state index in [-0.39, 0.29) is 5.92 Å². The third kappa shape index (κ3) is 6.73. The summed E-state index contributed by atoms with van der Waals surface area (Å²) in [5, 5.41) is 17.4. The van der Waals surface area contributed by atoms with Crippen LogP contribution in [0.4, 0.5) is 0 Å². The fourth-order valence-corrected chi connectivity index (χ4v) is 1.36. The number of carboxylic acid groups (broad SMARTS) is 2. The number of rotatable bonds is 8. The molecule has 0 spiro atoms. The Hall–Kier alpha value is -1.67. The topological polar surface area (TPSA) is 153 Å². The third-order valence-corrected chi connectivity index (χ3v) is 2.35. The quantitative estimate of drug-likeness (QED) is 0.418. The lowest BCUT2D eigenvalue weighted by atomic mass is 10.0.